The Balaban J connectivity index is 1.73. The van der Waals surface area contributed by atoms with Crippen LogP contribution in [0, 0.1) is 12.8 Å². The number of nitrogens with one attached hydrogen (secondary N) is 2. The van der Waals surface area contributed by atoms with Crippen molar-refractivity contribution in [3.8, 4) is 11.1 Å². The highest BCUT2D eigenvalue weighted by atomic mass is 35.5. The fourth-order valence-electron chi connectivity index (χ4n) is 4.14. The third-order valence-corrected chi connectivity index (χ3v) is 8.10. The first-order valence-corrected chi connectivity index (χ1v) is 13.9. The number of sulfonamides is 1. The molecule has 2 aromatic heterocycles. The highest BCUT2D eigenvalue weighted by molar-refractivity contribution is 7.92. The van der Waals surface area contributed by atoms with E-state index < -0.39 is 15.9 Å². The lowest BCUT2D eigenvalue weighted by Crippen LogP contribution is -2.32. The minimum Gasteiger partial charge on any atom is -0.359 e. The van der Waals surface area contributed by atoms with Crippen LogP contribution in [0.15, 0.2) is 64.7 Å². The maximum Gasteiger partial charge on any atom is 0.263 e. The van der Waals surface area contributed by atoms with E-state index in [1.54, 1.807) is 56.6 Å². The standard InChI is InChI=1S/C27H28ClN5O4S/c1-5-22-24(32-38(36,37)25-9-6-16(2)10-21(25)28)12-19(13-30-22)18-7-8-23-20(11-18)27(35)33(15-31-23)14-17(3)26(34)29-4/h6-13,15,17,32H,5,14H2,1-4H3,(H,29,34)/t17-/m0/s1. The highest BCUT2D eigenvalue weighted by Crippen LogP contribution is 2.29. The van der Waals surface area contributed by atoms with Crippen molar-refractivity contribution in [1.29, 1.82) is 0 Å². The van der Waals surface area contributed by atoms with Crippen molar-refractivity contribution < 1.29 is 13.2 Å². The molecule has 198 valence electrons. The molecule has 1 atom stereocenters. The van der Waals surface area contributed by atoms with Gasteiger partial charge in [-0.3, -0.25) is 23.9 Å². The summed E-state index contributed by atoms with van der Waals surface area (Å²) in [5.41, 5.74) is 3.25. The second-order valence-electron chi connectivity index (χ2n) is 9.06. The first-order valence-electron chi connectivity index (χ1n) is 12.0. The lowest BCUT2D eigenvalue weighted by atomic mass is 10.0. The van der Waals surface area contributed by atoms with E-state index >= 15 is 0 Å². The highest BCUT2D eigenvalue weighted by Gasteiger charge is 2.20. The molecule has 2 N–H and O–H groups in total. The van der Waals surface area contributed by atoms with Gasteiger partial charge in [0.25, 0.3) is 15.6 Å². The minimum atomic E-state index is -3.98. The number of carbonyl (C=O) groups is 1. The van der Waals surface area contributed by atoms with Gasteiger partial charge in [0.05, 0.1) is 39.6 Å². The van der Waals surface area contributed by atoms with Crippen molar-refractivity contribution in [3.05, 3.63) is 81.6 Å². The minimum absolute atomic E-state index is 0.0273. The van der Waals surface area contributed by atoms with Crippen LogP contribution in [0.3, 0.4) is 0 Å². The van der Waals surface area contributed by atoms with Gasteiger partial charge < -0.3 is 5.32 Å². The normalized spacial score (nSPS) is 12.3. The Morgan fingerprint density at radius 3 is 2.55 bits per heavy atom. The Hall–Kier alpha value is -3.76. The number of halogens is 1. The number of aromatic nitrogens is 3. The zero-order valence-electron chi connectivity index (χ0n) is 21.4. The molecule has 0 aliphatic carbocycles. The number of pyridine rings is 1. The number of hydrogen-bond donors (Lipinski definition) is 2. The number of carbonyl (C=O) groups excluding carboxylic acids is 1. The van der Waals surface area contributed by atoms with E-state index in [1.165, 1.54) is 17.0 Å². The topological polar surface area (TPSA) is 123 Å². The fourth-order valence-corrected chi connectivity index (χ4v) is 5.82. The Bertz CT molecular complexity index is 1700. The molecule has 0 fully saturated rings. The van der Waals surface area contributed by atoms with Crippen LogP contribution in [0.5, 0.6) is 0 Å². The Morgan fingerprint density at radius 1 is 1.11 bits per heavy atom. The summed E-state index contributed by atoms with van der Waals surface area (Å²) < 4.78 is 30.4. The van der Waals surface area contributed by atoms with Gasteiger partial charge in [-0.15, -0.1) is 0 Å². The van der Waals surface area contributed by atoms with E-state index in [4.69, 9.17) is 11.6 Å². The molecule has 38 heavy (non-hydrogen) atoms. The molecule has 9 nitrogen and oxygen atoms in total. The number of anilines is 1. The summed E-state index contributed by atoms with van der Waals surface area (Å²) in [7, 11) is -2.43. The van der Waals surface area contributed by atoms with Crippen LogP contribution < -0.4 is 15.6 Å². The van der Waals surface area contributed by atoms with E-state index in [9.17, 15) is 18.0 Å². The van der Waals surface area contributed by atoms with Gasteiger partial charge in [-0.2, -0.15) is 0 Å². The molecule has 2 aromatic carbocycles. The maximum absolute atomic E-state index is 13.2. The number of fused-ring (bicyclic) bond motifs is 1. The molecule has 0 unspecified atom stereocenters. The molecule has 0 aliphatic rings. The van der Waals surface area contributed by atoms with Crippen molar-refractivity contribution in [3.63, 3.8) is 0 Å². The summed E-state index contributed by atoms with van der Waals surface area (Å²) in [4.78, 5) is 33.9. The first kappa shape index (κ1) is 27.3. The SMILES string of the molecule is CCc1ncc(-c2ccc3ncn(C[C@H](C)C(=O)NC)c(=O)c3c2)cc1NS(=O)(=O)c1ccc(C)cc1Cl. The number of amides is 1. The van der Waals surface area contributed by atoms with E-state index in [0.29, 0.717) is 39.8 Å². The van der Waals surface area contributed by atoms with Gasteiger partial charge in [-0.25, -0.2) is 13.4 Å². The molecule has 11 heteroatoms. The number of nitrogens with zero attached hydrogens (tertiary/aromatic N) is 3. The summed E-state index contributed by atoms with van der Waals surface area (Å²) in [5, 5.41) is 3.09. The fraction of sp³-hybridized carbons (Fsp3) is 0.259. The summed E-state index contributed by atoms with van der Waals surface area (Å²) in [5.74, 6) is -0.585. The van der Waals surface area contributed by atoms with E-state index in [0.717, 1.165) is 5.56 Å². The first-order chi connectivity index (χ1) is 18.0. The van der Waals surface area contributed by atoms with E-state index in [1.807, 2.05) is 13.8 Å². The van der Waals surface area contributed by atoms with Crippen molar-refractivity contribution in [2.45, 2.75) is 38.6 Å². The molecule has 0 radical (unpaired) electrons. The van der Waals surface area contributed by atoms with E-state index in [2.05, 4.69) is 20.0 Å². The second-order valence-corrected chi connectivity index (χ2v) is 11.1. The largest absolute Gasteiger partial charge is 0.359 e. The summed E-state index contributed by atoms with van der Waals surface area (Å²) in [6.07, 6.45) is 3.57. The maximum atomic E-state index is 13.2. The second kappa shape index (κ2) is 10.9. The number of aryl methyl sites for hydroxylation is 2. The molecule has 1 amide bonds. The number of benzene rings is 2. The molecule has 0 saturated carbocycles. The summed E-state index contributed by atoms with van der Waals surface area (Å²) >= 11 is 6.23. The van der Waals surface area contributed by atoms with Gasteiger partial charge in [-0.05, 0) is 54.8 Å². The zero-order valence-corrected chi connectivity index (χ0v) is 23.0. The Labute approximate surface area is 226 Å². The van der Waals surface area contributed by atoms with Crippen molar-refractivity contribution >= 4 is 44.1 Å². The lowest BCUT2D eigenvalue weighted by Gasteiger charge is -2.15. The lowest BCUT2D eigenvalue weighted by molar-refractivity contribution is -0.124. The molecule has 4 rings (SSSR count). The summed E-state index contributed by atoms with van der Waals surface area (Å²) in [6.45, 7) is 5.63. The molecule has 0 saturated heterocycles. The van der Waals surface area contributed by atoms with Gasteiger partial charge in [-0.1, -0.05) is 37.6 Å². The van der Waals surface area contributed by atoms with Crippen LogP contribution in [0.25, 0.3) is 22.0 Å². The van der Waals surface area contributed by atoms with Crippen molar-refractivity contribution in [2.75, 3.05) is 11.8 Å². The third kappa shape index (κ3) is 5.56. The molecular weight excluding hydrogens is 526 g/mol. The number of hydrogen-bond acceptors (Lipinski definition) is 6. The third-order valence-electron chi connectivity index (χ3n) is 6.25. The van der Waals surface area contributed by atoms with Crippen LogP contribution in [-0.2, 0) is 27.8 Å². The van der Waals surface area contributed by atoms with E-state index in [-0.39, 0.29) is 27.9 Å². The van der Waals surface area contributed by atoms with Gasteiger partial charge in [0.2, 0.25) is 5.91 Å². The van der Waals surface area contributed by atoms with Crippen molar-refractivity contribution in [2.24, 2.45) is 5.92 Å². The van der Waals surface area contributed by atoms with Crippen LogP contribution >= 0.6 is 11.6 Å². The van der Waals surface area contributed by atoms with Gasteiger partial charge in [0.1, 0.15) is 4.90 Å². The number of rotatable bonds is 8. The molecule has 4 aromatic rings. The smallest absolute Gasteiger partial charge is 0.263 e. The van der Waals surface area contributed by atoms with Gasteiger partial charge in [0, 0.05) is 25.4 Å². The predicted molar refractivity (Wildman–Crippen MR) is 149 cm³/mol. The molecular formula is C27H28ClN5O4S. The van der Waals surface area contributed by atoms with Crippen molar-refractivity contribution in [1.82, 2.24) is 19.9 Å². The van der Waals surface area contributed by atoms with Crippen LogP contribution in [-0.4, -0.2) is 35.9 Å². The van der Waals surface area contributed by atoms with Gasteiger partial charge in [0.15, 0.2) is 0 Å². The average molecular weight is 554 g/mol. The molecule has 0 spiro atoms. The molecule has 0 aliphatic heterocycles. The zero-order chi connectivity index (χ0) is 27.6. The average Bonchev–Trinajstić information content (AvgIpc) is 2.89. The summed E-state index contributed by atoms with van der Waals surface area (Å²) in [6, 6.07) is 11.7. The molecule has 0 bridgehead atoms. The quantitative estimate of drug-likeness (QED) is 0.338. The molecule has 2 heterocycles. The Kier molecular flexibility index (Phi) is 7.84. The van der Waals surface area contributed by atoms with Crippen LogP contribution in [0.2, 0.25) is 5.02 Å². The van der Waals surface area contributed by atoms with Crippen LogP contribution in [0.4, 0.5) is 5.69 Å². The predicted octanol–water partition coefficient (Wildman–Crippen LogP) is 4.17. The monoisotopic (exact) mass is 553 g/mol. The van der Waals surface area contributed by atoms with Gasteiger partial charge >= 0.3 is 0 Å². The van der Waals surface area contributed by atoms with Crippen LogP contribution in [0.1, 0.15) is 25.1 Å². The Morgan fingerprint density at radius 2 is 1.87 bits per heavy atom.